The molecule has 3 rings (SSSR count). The van der Waals surface area contributed by atoms with Crippen LogP contribution in [0.25, 0.3) is 0 Å². The number of rotatable bonds is 2. The minimum atomic E-state index is 0.214. The van der Waals surface area contributed by atoms with Gasteiger partial charge in [-0.3, -0.25) is 9.69 Å². The lowest BCUT2D eigenvalue weighted by molar-refractivity contribution is -0.133. The van der Waals surface area contributed by atoms with Gasteiger partial charge in [0, 0.05) is 44.6 Å². The van der Waals surface area contributed by atoms with Crippen LogP contribution < -0.4 is 5.32 Å². The Morgan fingerprint density at radius 2 is 1.76 bits per heavy atom. The second kappa shape index (κ2) is 4.59. The summed E-state index contributed by atoms with van der Waals surface area (Å²) in [6.45, 7) is 4.52. The summed E-state index contributed by atoms with van der Waals surface area (Å²) in [5.41, 5.74) is 1.34. The van der Waals surface area contributed by atoms with Gasteiger partial charge < -0.3 is 5.32 Å². The normalized spacial score (nSPS) is 29.3. The molecule has 17 heavy (non-hydrogen) atoms. The number of nitrogens with one attached hydrogen (secondary N) is 1. The number of nitrogens with zero attached hydrogens (tertiary/aromatic N) is 1. The Hall–Kier alpha value is -1.19. The molecule has 2 aliphatic heterocycles. The number of piperidine rings is 2. The van der Waals surface area contributed by atoms with Crippen LogP contribution in [0.5, 0.6) is 0 Å². The highest BCUT2D eigenvalue weighted by Crippen LogP contribution is 2.22. The zero-order valence-corrected chi connectivity index (χ0v) is 9.93. The Morgan fingerprint density at radius 1 is 1.12 bits per heavy atom. The van der Waals surface area contributed by atoms with Crippen molar-refractivity contribution in [1.82, 2.24) is 10.2 Å². The molecule has 1 aromatic rings. The maximum atomic E-state index is 11.9. The van der Waals surface area contributed by atoms with E-state index in [9.17, 15) is 4.79 Å². The molecule has 90 valence electrons. The topological polar surface area (TPSA) is 32.3 Å². The fraction of sp³-hybridized carbons (Fsp3) is 0.500. The summed E-state index contributed by atoms with van der Waals surface area (Å²) in [4.78, 5) is 14.4. The summed E-state index contributed by atoms with van der Waals surface area (Å²) in [5.74, 6) is 0.908. The van der Waals surface area contributed by atoms with E-state index in [1.165, 1.54) is 5.56 Å². The predicted molar refractivity (Wildman–Crippen MR) is 66.6 cm³/mol. The van der Waals surface area contributed by atoms with E-state index in [1.807, 2.05) is 6.07 Å². The van der Waals surface area contributed by atoms with E-state index in [2.05, 4.69) is 34.5 Å². The summed E-state index contributed by atoms with van der Waals surface area (Å²) >= 11 is 0. The molecule has 3 nitrogen and oxygen atoms in total. The molecule has 2 heterocycles. The van der Waals surface area contributed by atoms with E-state index in [0.717, 1.165) is 32.7 Å². The Balaban J connectivity index is 1.68. The molecule has 0 saturated carbocycles. The quantitative estimate of drug-likeness (QED) is 0.819. The molecular weight excluding hydrogens is 212 g/mol. The first-order chi connectivity index (χ1) is 8.33. The molecular formula is C14H18N2O. The van der Waals surface area contributed by atoms with Crippen LogP contribution in [0, 0.1) is 11.8 Å². The lowest BCUT2D eigenvalue weighted by Gasteiger charge is -2.40. The maximum absolute atomic E-state index is 11.9. The van der Waals surface area contributed by atoms with Crippen LogP contribution in [-0.4, -0.2) is 36.9 Å². The zero-order valence-electron chi connectivity index (χ0n) is 9.93. The minimum absolute atomic E-state index is 0.214. The van der Waals surface area contributed by atoms with Gasteiger partial charge in [0.25, 0.3) is 0 Å². The average Bonchev–Trinajstić information content (AvgIpc) is 2.32. The Morgan fingerprint density at radius 3 is 2.41 bits per heavy atom. The van der Waals surface area contributed by atoms with Crippen molar-refractivity contribution in [2.24, 2.45) is 11.8 Å². The number of likely N-dealkylation sites (tertiary alicyclic amines) is 1. The summed E-state index contributed by atoms with van der Waals surface area (Å²) < 4.78 is 0. The second-order valence-corrected chi connectivity index (χ2v) is 5.13. The zero-order chi connectivity index (χ0) is 11.7. The first-order valence-electron chi connectivity index (χ1n) is 6.33. The molecule has 2 bridgehead atoms. The summed E-state index contributed by atoms with van der Waals surface area (Å²) in [6, 6.07) is 10.5. The fourth-order valence-electron chi connectivity index (χ4n) is 2.94. The highest BCUT2D eigenvalue weighted by atomic mass is 16.1. The molecule has 2 aliphatic rings. The SMILES string of the molecule is O=C1[C@@H]2CNC[C@H]1CN(Cc1ccccc1)C2. The Labute approximate surface area is 102 Å². The van der Waals surface area contributed by atoms with Crippen molar-refractivity contribution in [2.75, 3.05) is 26.2 Å². The van der Waals surface area contributed by atoms with Gasteiger partial charge in [-0.15, -0.1) is 0 Å². The van der Waals surface area contributed by atoms with Crippen molar-refractivity contribution >= 4 is 5.78 Å². The van der Waals surface area contributed by atoms with Gasteiger partial charge in [0.1, 0.15) is 5.78 Å². The molecule has 0 unspecified atom stereocenters. The fourth-order valence-corrected chi connectivity index (χ4v) is 2.94. The van der Waals surface area contributed by atoms with Crippen LogP contribution in [0.2, 0.25) is 0 Å². The number of ketones is 1. The monoisotopic (exact) mass is 230 g/mol. The van der Waals surface area contributed by atoms with Crippen molar-refractivity contribution in [3.05, 3.63) is 35.9 Å². The highest BCUT2D eigenvalue weighted by Gasteiger charge is 2.37. The number of benzene rings is 1. The van der Waals surface area contributed by atoms with Crippen molar-refractivity contribution in [2.45, 2.75) is 6.54 Å². The van der Waals surface area contributed by atoms with E-state index >= 15 is 0 Å². The first kappa shape index (κ1) is 10.9. The van der Waals surface area contributed by atoms with Gasteiger partial charge in [-0.1, -0.05) is 30.3 Å². The van der Waals surface area contributed by atoms with Gasteiger partial charge in [0.05, 0.1) is 0 Å². The molecule has 0 aliphatic carbocycles. The number of hydrogen-bond donors (Lipinski definition) is 1. The van der Waals surface area contributed by atoms with Crippen LogP contribution in [-0.2, 0) is 11.3 Å². The smallest absolute Gasteiger partial charge is 0.144 e. The number of fused-ring (bicyclic) bond motifs is 2. The predicted octanol–water partition coefficient (Wildman–Crippen LogP) is 0.907. The van der Waals surface area contributed by atoms with Crippen molar-refractivity contribution < 1.29 is 4.79 Å². The molecule has 0 aromatic heterocycles. The molecule has 2 saturated heterocycles. The van der Waals surface area contributed by atoms with Crippen LogP contribution in [0.15, 0.2) is 30.3 Å². The number of carbonyl (C=O) groups excluding carboxylic acids is 1. The van der Waals surface area contributed by atoms with E-state index in [4.69, 9.17) is 0 Å². The summed E-state index contributed by atoms with van der Waals surface area (Å²) in [6.07, 6.45) is 0. The molecule has 1 aromatic carbocycles. The van der Waals surface area contributed by atoms with E-state index in [-0.39, 0.29) is 11.8 Å². The highest BCUT2D eigenvalue weighted by molar-refractivity contribution is 5.85. The largest absolute Gasteiger partial charge is 0.315 e. The lowest BCUT2D eigenvalue weighted by Crippen LogP contribution is -2.56. The van der Waals surface area contributed by atoms with Crippen molar-refractivity contribution in [3.8, 4) is 0 Å². The van der Waals surface area contributed by atoms with E-state index < -0.39 is 0 Å². The minimum Gasteiger partial charge on any atom is -0.315 e. The third kappa shape index (κ3) is 2.26. The van der Waals surface area contributed by atoms with Crippen LogP contribution >= 0.6 is 0 Å². The van der Waals surface area contributed by atoms with E-state index in [0.29, 0.717) is 5.78 Å². The Bertz CT molecular complexity index is 388. The average molecular weight is 230 g/mol. The Kier molecular flexibility index (Phi) is 2.95. The standard InChI is InChI=1S/C14H18N2O/c17-14-12-6-15-7-13(14)10-16(9-12)8-11-4-2-1-3-5-11/h1-5,12-13,15H,6-10H2/t12-,13+. The lowest BCUT2D eigenvalue weighted by atomic mass is 9.84. The van der Waals surface area contributed by atoms with Gasteiger partial charge in [0.2, 0.25) is 0 Å². The first-order valence-corrected chi connectivity index (χ1v) is 6.33. The van der Waals surface area contributed by atoms with Crippen molar-refractivity contribution in [1.29, 1.82) is 0 Å². The summed E-state index contributed by atoms with van der Waals surface area (Å²) in [5, 5.41) is 3.35. The molecule has 3 heteroatoms. The van der Waals surface area contributed by atoms with Crippen LogP contribution in [0.4, 0.5) is 0 Å². The molecule has 2 atom stereocenters. The maximum Gasteiger partial charge on any atom is 0.144 e. The number of carbonyl (C=O) groups is 1. The summed E-state index contributed by atoms with van der Waals surface area (Å²) in [7, 11) is 0. The third-order valence-electron chi connectivity index (χ3n) is 3.79. The van der Waals surface area contributed by atoms with Crippen LogP contribution in [0.3, 0.4) is 0 Å². The van der Waals surface area contributed by atoms with Gasteiger partial charge in [-0.25, -0.2) is 0 Å². The molecule has 0 radical (unpaired) electrons. The second-order valence-electron chi connectivity index (χ2n) is 5.13. The van der Waals surface area contributed by atoms with Gasteiger partial charge >= 0.3 is 0 Å². The van der Waals surface area contributed by atoms with Gasteiger partial charge in [-0.2, -0.15) is 0 Å². The third-order valence-corrected chi connectivity index (χ3v) is 3.79. The molecule has 2 fully saturated rings. The molecule has 0 spiro atoms. The molecule has 1 N–H and O–H groups in total. The molecule has 0 amide bonds. The van der Waals surface area contributed by atoms with Crippen molar-refractivity contribution in [3.63, 3.8) is 0 Å². The van der Waals surface area contributed by atoms with E-state index in [1.54, 1.807) is 0 Å². The van der Waals surface area contributed by atoms with Crippen LogP contribution in [0.1, 0.15) is 5.56 Å². The number of hydrogen-bond acceptors (Lipinski definition) is 3. The van der Waals surface area contributed by atoms with Gasteiger partial charge in [-0.05, 0) is 5.56 Å². The van der Waals surface area contributed by atoms with Gasteiger partial charge in [0.15, 0.2) is 0 Å². The number of Topliss-reactive ketones (excluding diaryl/α,β-unsaturated/α-hetero) is 1.